The number of rotatable bonds is 4. The van der Waals surface area contributed by atoms with Crippen LogP contribution in [0.25, 0.3) is 0 Å². The van der Waals surface area contributed by atoms with Gasteiger partial charge in [-0.05, 0) is 45.6 Å². The summed E-state index contributed by atoms with van der Waals surface area (Å²) in [6.45, 7) is 4.28. The fraction of sp³-hybridized carbons (Fsp3) is 0.462. The highest BCUT2D eigenvalue weighted by Gasteiger charge is 2.13. The lowest BCUT2D eigenvalue weighted by Gasteiger charge is -2.19. The van der Waals surface area contributed by atoms with E-state index in [9.17, 15) is 4.79 Å². The van der Waals surface area contributed by atoms with Gasteiger partial charge < -0.3 is 16.0 Å². The number of carbonyl (C=O) groups excluding carboxylic acids is 1. The van der Waals surface area contributed by atoms with Gasteiger partial charge in [-0.2, -0.15) is 0 Å². The molecule has 4 nitrogen and oxygen atoms in total. The van der Waals surface area contributed by atoms with Crippen LogP contribution in [0.15, 0.2) is 24.3 Å². The lowest BCUT2D eigenvalue weighted by Crippen LogP contribution is -2.29. The molecular weight excluding hydrogens is 214 g/mol. The van der Waals surface area contributed by atoms with Crippen molar-refractivity contribution in [3.63, 3.8) is 0 Å². The lowest BCUT2D eigenvalue weighted by molar-refractivity contribution is -0.116. The van der Waals surface area contributed by atoms with Crippen LogP contribution in [-0.2, 0) is 10.3 Å². The van der Waals surface area contributed by atoms with E-state index in [1.807, 2.05) is 57.1 Å². The van der Waals surface area contributed by atoms with Gasteiger partial charge in [-0.3, -0.25) is 4.79 Å². The van der Waals surface area contributed by atoms with E-state index in [0.29, 0.717) is 6.54 Å². The Labute approximate surface area is 103 Å². The number of amides is 1. The minimum Gasteiger partial charge on any atom is -0.325 e. The summed E-state index contributed by atoms with van der Waals surface area (Å²) in [5, 5.41) is 2.83. The Morgan fingerprint density at radius 2 is 1.82 bits per heavy atom. The predicted octanol–water partition coefficient (Wildman–Crippen LogP) is 1.38. The number of nitrogens with two attached hydrogens (primary N) is 1. The van der Waals surface area contributed by atoms with E-state index in [1.165, 1.54) is 0 Å². The maximum atomic E-state index is 11.5. The molecule has 0 radical (unpaired) electrons. The van der Waals surface area contributed by atoms with Gasteiger partial charge in [-0.25, -0.2) is 0 Å². The number of nitrogens with one attached hydrogen (secondary N) is 1. The fourth-order valence-electron chi connectivity index (χ4n) is 1.47. The molecule has 0 saturated heterocycles. The van der Waals surface area contributed by atoms with Crippen LogP contribution in [0.4, 0.5) is 5.69 Å². The number of benzene rings is 1. The highest BCUT2D eigenvalue weighted by molar-refractivity contribution is 5.92. The van der Waals surface area contributed by atoms with Crippen molar-refractivity contribution in [2.75, 3.05) is 26.0 Å². The molecule has 0 bridgehead atoms. The summed E-state index contributed by atoms with van der Waals surface area (Å²) in [6.07, 6.45) is 0. The maximum Gasteiger partial charge on any atom is 0.238 e. The van der Waals surface area contributed by atoms with Crippen LogP contribution >= 0.6 is 0 Å². The average Bonchev–Trinajstić information content (AvgIpc) is 2.15. The van der Waals surface area contributed by atoms with Gasteiger partial charge in [0.05, 0.1) is 6.54 Å². The third kappa shape index (κ3) is 4.54. The maximum absolute atomic E-state index is 11.5. The van der Waals surface area contributed by atoms with E-state index >= 15 is 0 Å². The zero-order chi connectivity index (χ0) is 13.1. The van der Waals surface area contributed by atoms with Crippen molar-refractivity contribution in [1.82, 2.24) is 4.90 Å². The smallest absolute Gasteiger partial charge is 0.238 e. The van der Waals surface area contributed by atoms with Gasteiger partial charge >= 0.3 is 0 Å². The normalized spacial score (nSPS) is 11.6. The van der Waals surface area contributed by atoms with Crippen molar-refractivity contribution in [3.8, 4) is 0 Å². The van der Waals surface area contributed by atoms with E-state index in [-0.39, 0.29) is 11.4 Å². The monoisotopic (exact) mass is 235 g/mol. The molecule has 0 aromatic heterocycles. The molecule has 1 aromatic carbocycles. The van der Waals surface area contributed by atoms with Gasteiger partial charge in [-0.15, -0.1) is 0 Å². The second-order valence-corrected chi connectivity index (χ2v) is 5.08. The van der Waals surface area contributed by atoms with Crippen molar-refractivity contribution in [2.45, 2.75) is 19.4 Å². The minimum absolute atomic E-state index is 0.0187. The molecule has 0 aliphatic rings. The number of hydrogen-bond acceptors (Lipinski definition) is 3. The molecule has 1 amide bonds. The van der Waals surface area contributed by atoms with Gasteiger partial charge in [0.1, 0.15) is 0 Å². The average molecular weight is 235 g/mol. The van der Waals surface area contributed by atoms with Gasteiger partial charge in [0.2, 0.25) is 5.91 Å². The number of likely N-dealkylation sites (N-methyl/N-ethyl adjacent to an activating group) is 1. The summed E-state index contributed by atoms with van der Waals surface area (Å²) in [7, 11) is 3.72. The molecule has 1 aromatic rings. The van der Waals surface area contributed by atoms with Crippen LogP contribution in [0, 0.1) is 0 Å². The van der Waals surface area contributed by atoms with Gasteiger partial charge in [0.15, 0.2) is 0 Å². The highest BCUT2D eigenvalue weighted by Crippen LogP contribution is 2.18. The zero-order valence-corrected chi connectivity index (χ0v) is 10.9. The van der Waals surface area contributed by atoms with Gasteiger partial charge in [0.25, 0.3) is 0 Å². The summed E-state index contributed by atoms with van der Waals surface area (Å²) in [5.74, 6) is -0.0187. The Balaban J connectivity index is 2.66. The molecule has 0 atom stereocenters. The Morgan fingerprint density at radius 1 is 1.29 bits per heavy atom. The van der Waals surface area contributed by atoms with Gasteiger partial charge in [-0.1, -0.05) is 12.1 Å². The quantitative estimate of drug-likeness (QED) is 0.829. The topological polar surface area (TPSA) is 58.4 Å². The summed E-state index contributed by atoms with van der Waals surface area (Å²) in [5.41, 5.74) is 7.47. The molecule has 17 heavy (non-hydrogen) atoms. The van der Waals surface area contributed by atoms with Crippen LogP contribution < -0.4 is 11.1 Å². The van der Waals surface area contributed by atoms with E-state index in [0.717, 1.165) is 11.3 Å². The van der Waals surface area contributed by atoms with Crippen molar-refractivity contribution in [1.29, 1.82) is 0 Å². The van der Waals surface area contributed by atoms with Crippen LogP contribution in [-0.4, -0.2) is 31.4 Å². The highest BCUT2D eigenvalue weighted by atomic mass is 16.2. The minimum atomic E-state index is -0.355. The summed E-state index contributed by atoms with van der Waals surface area (Å²) >= 11 is 0. The summed E-state index contributed by atoms with van der Waals surface area (Å²) < 4.78 is 0. The first-order chi connectivity index (χ1) is 7.79. The first-order valence-corrected chi connectivity index (χ1v) is 5.63. The first-order valence-electron chi connectivity index (χ1n) is 5.63. The number of nitrogens with zero attached hydrogens (tertiary/aromatic N) is 1. The van der Waals surface area contributed by atoms with Crippen molar-refractivity contribution < 1.29 is 4.79 Å². The SMILES string of the molecule is CN(C)CC(=O)Nc1ccc(C(C)(C)N)cc1. The van der Waals surface area contributed by atoms with E-state index in [2.05, 4.69) is 5.32 Å². The Bertz CT molecular complexity index is 377. The number of carbonyl (C=O) groups is 1. The predicted molar refractivity (Wildman–Crippen MR) is 70.8 cm³/mol. The molecule has 94 valence electrons. The third-order valence-corrected chi connectivity index (χ3v) is 2.37. The molecule has 0 aliphatic heterocycles. The molecule has 0 aliphatic carbocycles. The molecule has 0 spiro atoms. The van der Waals surface area contributed by atoms with Gasteiger partial charge in [0, 0.05) is 11.2 Å². The third-order valence-electron chi connectivity index (χ3n) is 2.37. The number of hydrogen-bond donors (Lipinski definition) is 2. The van der Waals surface area contributed by atoms with Crippen molar-refractivity contribution in [2.24, 2.45) is 5.73 Å². The standard InChI is InChI=1S/C13H21N3O/c1-13(2,14)10-5-7-11(8-6-10)15-12(17)9-16(3)4/h5-8H,9,14H2,1-4H3,(H,15,17). The molecule has 3 N–H and O–H groups in total. The molecule has 0 fully saturated rings. The Kier molecular flexibility index (Phi) is 4.26. The summed E-state index contributed by atoms with van der Waals surface area (Å²) in [6, 6.07) is 7.62. The van der Waals surface area contributed by atoms with E-state index in [1.54, 1.807) is 0 Å². The molecule has 0 saturated carbocycles. The Morgan fingerprint density at radius 3 is 2.24 bits per heavy atom. The van der Waals surface area contributed by atoms with Crippen molar-refractivity contribution >= 4 is 11.6 Å². The molecule has 0 unspecified atom stereocenters. The second kappa shape index (κ2) is 5.29. The van der Waals surface area contributed by atoms with Crippen LogP contribution in [0.3, 0.4) is 0 Å². The summed E-state index contributed by atoms with van der Waals surface area (Å²) in [4.78, 5) is 13.4. The molecular formula is C13H21N3O. The van der Waals surface area contributed by atoms with Crippen LogP contribution in [0.2, 0.25) is 0 Å². The largest absolute Gasteiger partial charge is 0.325 e. The van der Waals surface area contributed by atoms with E-state index < -0.39 is 0 Å². The molecule has 4 heteroatoms. The lowest BCUT2D eigenvalue weighted by atomic mass is 9.96. The fourth-order valence-corrected chi connectivity index (χ4v) is 1.47. The first kappa shape index (κ1) is 13.7. The molecule has 0 heterocycles. The van der Waals surface area contributed by atoms with Crippen molar-refractivity contribution in [3.05, 3.63) is 29.8 Å². The number of anilines is 1. The Hall–Kier alpha value is -1.39. The van der Waals surface area contributed by atoms with E-state index in [4.69, 9.17) is 5.73 Å². The van der Waals surface area contributed by atoms with Crippen LogP contribution in [0.1, 0.15) is 19.4 Å². The zero-order valence-electron chi connectivity index (χ0n) is 10.9. The molecule has 1 rings (SSSR count). The second-order valence-electron chi connectivity index (χ2n) is 5.08. The van der Waals surface area contributed by atoms with Crippen LogP contribution in [0.5, 0.6) is 0 Å².